The monoisotopic (exact) mass is 471 g/mol. The first-order chi connectivity index (χ1) is 17.2. The number of morpholine rings is 1. The maximum Gasteiger partial charge on any atom is 0.325 e. The van der Waals surface area contributed by atoms with Crippen molar-refractivity contribution in [2.75, 3.05) is 39.4 Å². The number of imide groups is 1. The first-order valence-corrected chi connectivity index (χ1v) is 12.3. The minimum absolute atomic E-state index is 0.237. The van der Waals surface area contributed by atoms with Crippen LogP contribution in [-0.2, 0) is 15.1 Å². The lowest BCUT2D eigenvalue weighted by atomic mass is 9.82. The molecule has 2 heterocycles. The molecule has 2 fully saturated rings. The van der Waals surface area contributed by atoms with Crippen molar-refractivity contribution < 1.29 is 14.3 Å². The summed E-state index contributed by atoms with van der Waals surface area (Å²) < 4.78 is 5.40. The van der Waals surface area contributed by atoms with Crippen LogP contribution >= 0.6 is 0 Å². The number of nitrogens with one attached hydrogen (secondary N) is 1. The zero-order valence-corrected chi connectivity index (χ0v) is 20.4. The molecule has 6 heteroatoms. The van der Waals surface area contributed by atoms with Crippen LogP contribution in [0.4, 0.5) is 4.79 Å². The van der Waals surface area contributed by atoms with Gasteiger partial charge < -0.3 is 10.1 Å². The first kappa shape index (κ1) is 24.6. The Morgan fingerprint density at radius 1 is 0.743 bits per heavy atom. The number of carbonyl (C=O) groups is 2. The zero-order chi connectivity index (χ0) is 24.7. The summed E-state index contributed by atoms with van der Waals surface area (Å²) in [4.78, 5) is 30.5. The zero-order valence-electron chi connectivity index (χ0n) is 20.4. The van der Waals surface area contributed by atoms with Crippen LogP contribution in [0.5, 0.6) is 0 Å². The Morgan fingerprint density at radius 2 is 1.29 bits per heavy atom. The van der Waals surface area contributed by atoms with Gasteiger partial charge in [0.15, 0.2) is 5.54 Å². The molecule has 1 atom stereocenters. The van der Waals surface area contributed by atoms with Gasteiger partial charge in [0.05, 0.1) is 13.2 Å². The van der Waals surface area contributed by atoms with Gasteiger partial charge in [0.1, 0.15) is 0 Å². The number of ether oxygens (including phenoxy) is 1. The molecule has 0 bridgehead atoms. The van der Waals surface area contributed by atoms with E-state index in [9.17, 15) is 9.59 Å². The number of benzene rings is 3. The molecule has 35 heavy (non-hydrogen) atoms. The third kappa shape index (κ3) is 4.99. The van der Waals surface area contributed by atoms with Gasteiger partial charge in [-0.05, 0) is 22.3 Å². The van der Waals surface area contributed by atoms with E-state index in [1.165, 1.54) is 4.90 Å². The van der Waals surface area contributed by atoms with Gasteiger partial charge in [-0.3, -0.25) is 14.6 Å². The van der Waals surface area contributed by atoms with Gasteiger partial charge in [0, 0.05) is 26.2 Å². The van der Waals surface area contributed by atoms with E-state index in [0.29, 0.717) is 26.3 Å². The van der Waals surface area contributed by atoms with Gasteiger partial charge in [0.25, 0.3) is 5.91 Å². The smallest absolute Gasteiger partial charge is 0.325 e. The summed E-state index contributed by atoms with van der Waals surface area (Å²) >= 11 is 0. The predicted octanol–water partition coefficient (Wildman–Crippen LogP) is 4.51. The van der Waals surface area contributed by atoms with E-state index in [1.807, 2.05) is 86.6 Å². The van der Waals surface area contributed by atoms with Crippen LogP contribution in [0.3, 0.4) is 0 Å². The molecule has 182 valence electrons. The van der Waals surface area contributed by atoms with Crippen LogP contribution in [0.1, 0.15) is 25.0 Å². The fourth-order valence-corrected chi connectivity index (χ4v) is 4.63. The summed E-state index contributed by atoms with van der Waals surface area (Å²) in [5, 5.41) is 3.04. The number of urea groups is 1. The number of rotatable bonds is 6. The number of carbonyl (C=O) groups excluding carboxylic acids is 2. The topological polar surface area (TPSA) is 61.9 Å². The molecule has 3 aromatic carbocycles. The third-order valence-electron chi connectivity index (χ3n) is 6.48. The standard InChI is InChI=1S/C27H27N3O3.C2H6/c31-25-27(23-9-5-2-6-10-23,24-13-11-22(12-14-24)21-7-3-1-4-8-21)28-26(32)30(25)16-15-29-17-19-33-20-18-29;1-2/h1-14H,15-20H2,(H,28,32);1-2H3/t27-;/m1./s1. The molecular formula is C29H33N3O3. The lowest BCUT2D eigenvalue weighted by molar-refractivity contribution is -0.130. The largest absolute Gasteiger partial charge is 0.379 e. The fourth-order valence-electron chi connectivity index (χ4n) is 4.63. The molecule has 5 rings (SSSR count). The van der Waals surface area contributed by atoms with Crippen LogP contribution in [0, 0.1) is 0 Å². The van der Waals surface area contributed by atoms with Crippen molar-refractivity contribution in [3.05, 3.63) is 96.1 Å². The second-order valence-electron chi connectivity index (χ2n) is 8.40. The average Bonchev–Trinajstić information content (AvgIpc) is 3.20. The summed E-state index contributed by atoms with van der Waals surface area (Å²) in [7, 11) is 0. The number of hydrogen-bond donors (Lipinski definition) is 1. The van der Waals surface area contributed by atoms with Gasteiger partial charge in [-0.1, -0.05) is 98.8 Å². The highest BCUT2D eigenvalue weighted by atomic mass is 16.5. The Morgan fingerprint density at radius 3 is 1.91 bits per heavy atom. The maximum absolute atomic E-state index is 13.9. The van der Waals surface area contributed by atoms with E-state index in [1.54, 1.807) is 0 Å². The molecule has 3 aromatic rings. The molecule has 0 radical (unpaired) electrons. The SMILES string of the molecule is CC.O=C1N[C@](c2ccccc2)(c2ccc(-c3ccccc3)cc2)C(=O)N1CCN1CCOCC1. The van der Waals surface area contributed by atoms with Crippen molar-refractivity contribution in [3.63, 3.8) is 0 Å². The van der Waals surface area contributed by atoms with E-state index in [2.05, 4.69) is 22.3 Å². The molecule has 1 N–H and O–H groups in total. The average molecular weight is 472 g/mol. The Kier molecular flexibility index (Phi) is 7.95. The highest BCUT2D eigenvalue weighted by Crippen LogP contribution is 2.37. The fraction of sp³-hybridized carbons (Fsp3) is 0.310. The summed E-state index contributed by atoms with van der Waals surface area (Å²) in [6, 6.07) is 27.1. The summed E-state index contributed by atoms with van der Waals surface area (Å²) in [5.41, 5.74) is 2.43. The van der Waals surface area contributed by atoms with Gasteiger partial charge in [0.2, 0.25) is 0 Å². The molecule has 2 aliphatic rings. The molecule has 0 unspecified atom stereocenters. The number of nitrogens with zero attached hydrogens (tertiary/aromatic N) is 2. The molecular weight excluding hydrogens is 438 g/mol. The van der Waals surface area contributed by atoms with Crippen LogP contribution in [-0.4, -0.2) is 61.1 Å². The lowest BCUT2D eigenvalue weighted by Gasteiger charge is -2.29. The lowest BCUT2D eigenvalue weighted by Crippen LogP contribution is -2.46. The Balaban J connectivity index is 0.00000141. The van der Waals surface area contributed by atoms with E-state index < -0.39 is 5.54 Å². The summed E-state index contributed by atoms with van der Waals surface area (Å²) in [6.45, 7) is 7.98. The molecule has 2 saturated heterocycles. The molecule has 6 nitrogen and oxygen atoms in total. The van der Waals surface area contributed by atoms with Crippen molar-refractivity contribution in [2.45, 2.75) is 19.4 Å². The van der Waals surface area contributed by atoms with Gasteiger partial charge in [-0.15, -0.1) is 0 Å². The number of amides is 3. The molecule has 0 spiro atoms. The van der Waals surface area contributed by atoms with E-state index >= 15 is 0 Å². The van der Waals surface area contributed by atoms with Crippen molar-refractivity contribution in [2.24, 2.45) is 0 Å². The van der Waals surface area contributed by atoms with E-state index in [-0.39, 0.29) is 11.9 Å². The third-order valence-corrected chi connectivity index (χ3v) is 6.48. The summed E-state index contributed by atoms with van der Waals surface area (Å²) in [5.74, 6) is -0.237. The van der Waals surface area contributed by atoms with Crippen LogP contribution in [0.25, 0.3) is 11.1 Å². The molecule has 3 amide bonds. The quantitative estimate of drug-likeness (QED) is 0.538. The van der Waals surface area contributed by atoms with Crippen molar-refractivity contribution in [1.82, 2.24) is 15.1 Å². The van der Waals surface area contributed by atoms with Crippen molar-refractivity contribution >= 4 is 11.9 Å². The molecule has 2 aliphatic heterocycles. The predicted molar refractivity (Wildman–Crippen MR) is 138 cm³/mol. The minimum atomic E-state index is -1.24. The first-order valence-electron chi connectivity index (χ1n) is 12.3. The minimum Gasteiger partial charge on any atom is -0.379 e. The Bertz CT molecular complexity index is 1110. The highest BCUT2D eigenvalue weighted by molar-refractivity contribution is 6.09. The van der Waals surface area contributed by atoms with Crippen LogP contribution in [0.2, 0.25) is 0 Å². The normalized spacial score (nSPS) is 20.2. The molecule has 0 aliphatic carbocycles. The van der Waals surface area contributed by atoms with Gasteiger partial charge in [-0.25, -0.2) is 4.79 Å². The molecule has 0 saturated carbocycles. The second-order valence-corrected chi connectivity index (χ2v) is 8.40. The maximum atomic E-state index is 13.9. The van der Waals surface area contributed by atoms with Crippen molar-refractivity contribution in [3.8, 4) is 11.1 Å². The van der Waals surface area contributed by atoms with Gasteiger partial charge >= 0.3 is 6.03 Å². The van der Waals surface area contributed by atoms with Crippen LogP contribution < -0.4 is 5.32 Å². The number of hydrogen-bond acceptors (Lipinski definition) is 4. The van der Waals surface area contributed by atoms with Crippen LogP contribution in [0.15, 0.2) is 84.9 Å². The van der Waals surface area contributed by atoms with Crippen molar-refractivity contribution in [1.29, 1.82) is 0 Å². The van der Waals surface area contributed by atoms with E-state index in [4.69, 9.17) is 4.74 Å². The summed E-state index contributed by atoms with van der Waals surface area (Å²) in [6.07, 6.45) is 0. The molecule has 0 aromatic heterocycles. The Labute approximate surface area is 207 Å². The van der Waals surface area contributed by atoms with E-state index in [0.717, 1.165) is 35.3 Å². The van der Waals surface area contributed by atoms with Gasteiger partial charge in [-0.2, -0.15) is 0 Å². The highest BCUT2D eigenvalue weighted by Gasteiger charge is 2.53. The Hall–Kier alpha value is -3.48. The second kappa shape index (κ2) is 11.3.